The predicted molar refractivity (Wildman–Crippen MR) is 159 cm³/mol. The summed E-state index contributed by atoms with van der Waals surface area (Å²) in [6.07, 6.45) is -0.214. The zero-order valence-corrected chi connectivity index (χ0v) is 21.9. The first-order chi connectivity index (χ1) is 20.0. The van der Waals surface area contributed by atoms with E-state index in [1.807, 2.05) is 60.7 Å². The molecule has 2 aromatic heterocycles. The third-order valence-corrected chi connectivity index (χ3v) is 7.53. The molecule has 2 nitrogen and oxygen atoms in total. The van der Waals surface area contributed by atoms with Crippen molar-refractivity contribution < 1.29 is 13.2 Å². The summed E-state index contributed by atoms with van der Waals surface area (Å²) in [5, 5.41) is 2.03. The molecular weight excluding hydrogens is 517 g/mol. The molecule has 0 aliphatic carbocycles. The van der Waals surface area contributed by atoms with Crippen molar-refractivity contribution in [2.45, 2.75) is 6.18 Å². The third-order valence-electron chi connectivity index (χ3n) is 7.53. The van der Waals surface area contributed by atoms with Gasteiger partial charge in [-0.15, -0.1) is 0 Å². The number of hydrogen-bond donors (Lipinski definition) is 0. The SMILES string of the molecule is FC(F)(F)c1ccc([C+](c2cn(-c3ccccc3)c3ccccc23)c2cn(-c3ccccc3)c3ccccc23)cc1. The quantitative estimate of drug-likeness (QED) is 0.192. The van der Waals surface area contributed by atoms with Crippen LogP contribution in [0.25, 0.3) is 33.2 Å². The van der Waals surface area contributed by atoms with Crippen molar-refractivity contribution in [2.75, 3.05) is 0 Å². The smallest absolute Gasteiger partial charge is 0.288 e. The topological polar surface area (TPSA) is 9.86 Å². The maximum Gasteiger partial charge on any atom is 0.417 e. The molecule has 0 atom stereocenters. The Kier molecular flexibility index (Phi) is 5.93. The highest BCUT2D eigenvalue weighted by molar-refractivity contribution is 5.95. The van der Waals surface area contributed by atoms with Crippen molar-refractivity contribution in [1.82, 2.24) is 9.13 Å². The molecule has 0 spiro atoms. The molecule has 0 radical (unpaired) electrons. The van der Waals surface area contributed by atoms with E-state index in [-0.39, 0.29) is 0 Å². The molecule has 0 aliphatic rings. The van der Waals surface area contributed by atoms with Gasteiger partial charge in [0.05, 0.1) is 73.7 Å². The minimum atomic E-state index is -4.41. The molecule has 5 heteroatoms. The summed E-state index contributed by atoms with van der Waals surface area (Å²) in [5.74, 6) is 0.871. The number of para-hydroxylation sites is 4. The summed E-state index contributed by atoms with van der Waals surface area (Å²) >= 11 is 0. The maximum absolute atomic E-state index is 13.6. The van der Waals surface area contributed by atoms with Gasteiger partial charge in [-0.05, 0) is 72.8 Å². The van der Waals surface area contributed by atoms with Crippen molar-refractivity contribution in [3.05, 3.63) is 174 Å². The highest BCUT2D eigenvalue weighted by atomic mass is 19.4. The standard InChI is InChI=1S/C36H24F3N2/c37-36(38,39)26-21-19-25(20-22-26)35(31-23-40(27-11-3-1-4-12-27)33-17-9-7-15-29(31)33)32-24-41(28-13-5-2-6-14-28)34-18-10-8-16-30(32)34/h1-24H/q+1. The second kappa shape index (κ2) is 9.79. The van der Waals surface area contributed by atoms with Crippen LogP contribution in [-0.2, 0) is 6.18 Å². The van der Waals surface area contributed by atoms with Gasteiger partial charge in [-0.1, -0.05) is 60.7 Å². The first-order valence-corrected chi connectivity index (χ1v) is 13.4. The second-order valence-corrected chi connectivity index (χ2v) is 9.98. The predicted octanol–water partition coefficient (Wildman–Crippen LogP) is 9.61. The summed E-state index contributed by atoms with van der Waals surface area (Å²) in [5.41, 5.74) is 5.99. The van der Waals surface area contributed by atoms with Crippen LogP contribution in [0.15, 0.2) is 146 Å². The molecule has 2 heterocycles. The summed E-state index contributed by atoms with van der Waals surface area (Å²) < 4.78 is 44.9. The Morgan fingerprint density at radius 3 is 1.32 bits per heavy atom. The number of halogens is 3. The highest BCUT2D eigenvalue weighted by Crippen LogP contribution is 2.42. The lowest BCUT2D eigenvalue weighted by Crippen LogP contribution is -2.07. The lowest BCUT2D eigenvalue weighted by Gasteiger charge is -2.13. The second-order valence-electron chi connectivity index (χ2n) is 9.98. The number of hydrogen-bond acceptors (Lipinski definition) is 0. The summed E-state index contributed by atoms with van der Waals surface area (Å²) in [7, 11) is 0. The molecule has 0 saturated heterocycles. The maximum atomic E-state index is 13.6. The number of nitrogens with zero attached hydrogens (tertiary/aromatic N) is 2. The van der Waals surface area contributed by atoms with E-state index in [0.29, 0.717) is 5.56 Å². The van der Waals surface area contributed by atoms with Gasteiger partial charge >= 0.3 is 6.18 Å². The van der Waals surface area contributed by atoms with Crippen LogP contribution in [0.1, 0.15) is 22.3 Å². The van der Waals surface area contributed by atoms with Crippen molar-refractivity contribution >= 4 is 21.8 Å². The van der Waals surface area contributed by atoms with Crippen molar-refractivity contribution in [3.8, 4) is 11.4 Å². The first kappa shape index (κ1) is 24.9. The molecule has 0 saturated carbocycles. The van der Waals surface area contributed by atoms with Crippen LogP contribution in [0.5, 0.6) is 0 Å². The largest absolute Gasteiger partial charge is 0.417 e. The van der Waals surface area contributed by atoms with Crippen LogP contribution in [0.4, 0.5) is 13.2 Å². The van der Waals surface area contributed by atoms with E-state index in [9.17, 15) is 13.2 Å². The molecule has 0 aliphatic heterocycles. The number of rotatable bonds is 5. The number of fused-ring (bicyclic) bond motifs is 2. The molecule has 0 amide bonds. The lowest BCUT2D eigenvalue weighted by molar-refractivity contribution is -0.137. The van der Waals surface area contributed by atoms with E-state index in [1.165, 1.54) is 12.1 Å². The van der Waals surface area contributed by atoms with E-state index >= 15 is 0 Å². The Hall–Kier alpha value is -5.16. The third kappa shape index (κ3) is 4.36. The van der Waals surface area contributed by atoms with Gasteiger partial charge < -0.3 is 0 Å². The average molecular weight is 542 g/mol. The van der Waals surface area contributed by atoms with Gasteiger partial charge in [-0.25, -0.2) is 0 Å². The molecule has 41 heavy (non-hydrogen) atoms. The monoisotopic (exact) mass is 541 g/mol. The fraction of sp³-hybridized carbons (Fsp3) is 0.0278. The molecule has 0 unspecified atom stereocenters. The fourth-order valence-electron chi connectivity index (χ4n) is 5.64. The lowest BCUT2D eigenvalue weighted by atomic mass is 9.84. The van der Waals surface area contributed by atoms with E-state index in [2.05, 4.69) is 70.1 Å². The molecule has 0 fully saturated rings. The average Bonchev–Trinajstić information content (AvgIpc) is 3.58. The van der Waals surface area contributed by atoms with Gasteiger partial charge in [-0.2, -0.15) is 13.2 Å². The fourth-order valence-corrected chi connectivity index (χ4v) is 5.64. The molecule has 198 valence electrons. The van der Waals surface area contributed by atoms with Crippen LogP contribution in [0, 0.1) is 5.92 Å². The van der Waals surface area contributed by atoms with Crippen LogP contribution in [0.2, 0.25) is 0 Å². The number of aromatic nitrogens is 2. The van der Waals surface area contributed by atoms with Gasteiger partial charge in [0.15, 0.2) is 0 Å². The summed E-state index contributed by atoms with van der Waals surface area (Å²) in [6.45, 7) is 0. The van der Waals surface area contributed by atoms with Gasteiger partial charge in [0, 0.05) is 0 Å². The molecule has 5 aromatic carbocycles. The minimum Gasteiger partial charge on any atom is -0.288 e. The van der Waals surface area contributed by atoms with Gasteiger partial charge in [0.1, 0.15) is 0 Å². The normalized spacial score (nSPS) is 11.8. The Bertz CT molecular complexity index is 1850. The van der Waals surface area contributed by atoms with E-state index in [0.717, 1.165) is 50.2 Å². The van der Waals surface area contributed by atoms with Crippen LogP contribution < -0.4 is 0 Å². The zero-order chi connectivity index (χ0) is 28.0. The van der Waals surface area contributed by atoms with Crippen LogP contribution in [0.3, 0.4) is 0 Å². The Morgan fingerprint density at radius 1 is 0.463 bits per heavy atom. The van der Waals surface area contributed by atoms with Crippen LogP contribution in [-0.4, -0.2) is 9.13 Å². The number of alkyl halides is 3. The number of benzene rings is 5. The molecular formula is C36H24F3N2+. The van der Waals surface area contributed by atoms with E-state index in [1.54, 1.807) is 12.1 Å². The Labute approximate surface area is 235 Å². The van der Waals surface area contributed by atoms with Crippen molar-refractivity contribution in [2.24, 2.45) is 0 Å². The highest BCUT2D eigenvalue weighted by Gasteiger charge is 2.34. The van der Waals surface area contributed by atoms with Gasteiger partial charge in [0.25, 0.3) is 0 Å². The molecule has 0 N–H and O–H groups in total. The summed E-state index contributed by atoms with van der Waals surface area (Å²) in [6, 6.07) is 42.0. The Morgan fingerprint density at radius 2 is 0.878 bits per heavy atom. The van der Waals surface area contributed by atoms with Crippen molar-refractivity contribution in [1.29, 1.82) is 0 Å². The van der Waals surface area contributed by atoms with Crippen molar-refractivity contribution in [3.63, 3.8) is 0 Å². The minimum absolute atomic E-state index is 0.668. The molecule has 7 rings (SSSR count). The summed E-state index contributed by atoms with van der Waals surface area (Å²) in [4.78, 5) is 0. The Balaban J connectivity index is 1.52. The van der Waals surface area contributed by atoms with Gasteiger partial charge in [0.2, 0.25) is 0 Å². The molecule has 0 bridgehead atoms. The van der Waals surface area contributed by atoms with E-state index < -0.39 is 11.7 Å². The molecule has 7 aromatic rings. The van der Waals surface area contributed by atoms with E-state index in [4.69, 9.17) is 0 Å². The van der Waals surface area contributed by atoms with Crippen LogP contribution >= 0.6 is 0 Å². The van der Waals surface area contributed by atoms with Gasteiger partial charge in [-0.3, -0.25) is 9.13 Å². The first-order valence-electron chi connectivity index (χ1n) is 13.4. The zero-order valence-electron chi connectivity index (χ0n) is 21.9.